The number of hydrogen-bond donors (Lipinski definition) is 0. The molecule has 0 aromatic heterocycles. The van der Waals surface area contributed by atoms with Crippen LogP contribution in [-0.4, -0.2) is 30.7 Å². The first-order chi connectivity index (χ1) is 12.7. The second-order valence-electron chi connectivity index (χ2n) is 8.83. The Bertz CT molecular complexity index is 250. The van der Waals surface area contributed by atoms with Gasteiger partial charge in [-0.15, -0.1) is 0 Å². The van der Waals surface area contributed by atoms with Crippen LogP contribution in [0.3, 0.4) is 0 Å². The van der Waals surface area contributed by atoms with Gasteiger partial charge in [-0.3, -0.25) is 0 Å². The van der Waals surface area contributed by atoms with E-state index in [0.717, 1.165) is 0 Å². The molecular weight excluding hydrogens is 394 g/mol. The average Bonchev–Trinajstić information content (AvgIpc) is 2.63. The standard InChI is InChI=1S/C25H54N.BrH/c1-5-9-10-11-12-13-14-15-16-17-18-19-20-21-25-26(22-6-2,23-7-3)24-8-4;/h5-25H2,1-4H3;1H/q+1;/p-1. The van der Waals surface area contributed by atoms with Gasteiger partial charge < -0.3 is 21.5 Å². The summed E-state index contributed by atoms with van der Waals surface area (Å²) in [6.07, 6.45) is 24.6. The molecular formula is C25H54BrN. The molecule has 27 heavy (non-hydrogen) atoms. The Hall–Kier alpha value is 0.440. The quantitative estimate of drug-likeness (QED) is 0.160. The van der Waals surface area contributed by atoms with Crippen LogP contribution in [0.4, 0.5) is 0 Å². The lowest BCUT2D eigenvalue weighted by molar-refractivity contribution is -0.928. The fourth-order valence-corrected chi connectivity index (χ4v) is 4.74. The highest BCUT2D eigenvalue weighted by Crippen LogP contribution is 2.16. The number of hydrogen-bond acceptors (Lipinski definition) is 0. The maximum atomic E-state index is 2.36. The van der Waals surface area contributed by atoms with Gasteiger partial charge in [0.2, 0.25) is 0 Å². The summed E-state index contributed by atoms with van der Waals surface area (Å²) in [4.78, 5) is 0. The molecule has 0 bridgehead atoms. The Kier molecular flexibility index (Phi) is 24.9. The van der Waals surface area contributed by atoms with E-state index < -0.39 is 0 Å². The van der Waals surface area contributed by atoms with Crippen LogP contribution in [0.1, 0.15) is 137 Å². The second kappa shape index (κ2) is 22.7. The van der Waals surface area contributed by atoms with Crippen LogP contribution < -0.4 is 17.0 Å². The molecule has 0 aromatic carbocycles. The van der Waals surface area contributed by atoms with E-state index >= 15 is 0 Å². The molecule has 0 atom stereocenters. The van der Waals surface area contributed by atoms with Gasteiger partial charge in [-0.25, -0.2) is 0 Å². The molecule has 0 aromatic rings. The number of quaternary nitrogens is 1. The van der Waals surface area contributed by atoms with E-state index in [4.69, 9.17) is 0 Å². The molecule has 0 N–H and O–H groups in total. The SMILES string of the molecule is CCCCCCCCCCCCCCCC[N+](CCC)(CCC)CCC.[Br-]. The zero-order chi connectivity index (χ0) is 19.3. The van der Waals surface area contributed by atoms with Gasteiger partial charge in [0, 0.05) is 0 Å². The molecule has 0 heterocycles. The summed E-state index contributed by atoms with van der Waals surface area (Å²) in [6, 6.07) is 0. The molecule has 0 aliphatic heterocycles. The minimum atomic E-state index is 0. The van der Waals surface area contributed by atoms with E-state index in [0.29, 0.717) is 0 Å². The van der Waals surface area contributed by atoms with Crippen LogP contribution in [0.25, 0.3) is 0 Å². The molecule has 0 spiro atoms. The van der Waals surface area contributed by atoms with E-state index in [9.17, 15) is 0 Å². The van der Waals surface area contributed by atoms with Crippen molar-refractivity contribution in [1.29, 1.82) is 0 Å². The van der Waals surface area contributed by atoms with Crippen molar-refractivity contribution in [3.63, 3.8) is 0 Å². The van der Waals surface area contributed by atoms with Gasteiger partial charge in [0.15, 0.2) is 0 Å². The number of nitrogens with zero attached hydrogens (tertiary/aromatic N) is 1. The van der Waals surface area contributed by atoms with Crippen molar-refractivity contribution in [2.24, 2.45) is 0 Å². The highest BCUT2D eigenvalue weighted by molar-refractivity contribution is 4.51. The lowest BCUT2D eigenvalue weighted by Gasteiger charge is -2.38. The summed E-state index contributed by atoms with van der Waals surface area (Å²) in [5.41, 5.74) is 0. The molecule has 0 unspecified atom stereocenters. The largest absolute Gasteiger partial charge is 1.00 e. The maximum absolute atomic E-state index is 2.36. The number of halogens is 1. The molecule has 0 amide bonds. The molecule has 166 valence electrons. The molecule has 0 saturated heterocycles. The highest BCUT2D eigenvalue weighted by atomic mass is 79.9. The first-order valence-electron chi connectivity index (χ1n) is 12.6. The second-order valence-corrected chi connectivity index (χ2v) is 8.83. The first-order valence-corrected chi connectivity index (χ1v) is 12.6. The summed E-state index contributed by atoms with van der Waals surface area (Å²) >= 11 is 0. The zero-order valence-electron chi connectivity index (χ0n) is 19.7. The molecule has 1 nitrogen and oxygen atoms in total. The van der Waals surface area contributed by atoms with Gasteiger partial charge in [0.1, 0.15) is 0 Å². The molecule has 0 aliphatic carbocycles. The molecule has 0 rings (SSSR count). The van der Waals surface area contributed by atoms with E-state index in [1.165, 1.54) is 140 Å². The summed E-state index contributed by atoms with van der Waals surface area (Å²) in [7, 11) is 0. The molecule has 0 saturated carbocycles. The Balaban J connectivity index is 0. The van der Waals surface area contributed by atoms with Gasteiger partial charge in [0.25, 0.3) is 0 Å². The molecule has 0 fully saturated rings. The van der Waals surface area contributed by atoms with Crippen molar-refractivity contribution in [1.82, 2.24) is 0 Å². The Morgan fingerprint density at radius 2 is 0.630 bits per heavy atom. The van der Waals surface area contributed by atoms with E-state index in [1.807, 2.05) is 0 Å². The highest BCUT2D eigenvalue weighted by Gasteiger charge is 2.23. The first kappa shape index (κ1) is 29.6. The van der Waals surface area contributed by atoms with Crippen molar-refractivity contribution in [3.05, 3.63) is 0 Å². The summed E-state index contributed by atoms with van der Waals surface area (Å²) in [5, 5.41) is 0. The van der Waals surface area contributed by atoms with Crippen LogP contribution in [0, 0.1) is 0 Å². The summed E-state index contributed by atoms with van der Waals surface area (Å²) in [5.74, 6) is 0. The van der Waals surface area contributed by atoms with Crippen LogP contribution in [0.5, 0.6) is 0 Å². The van der Waals surface area contributed by atoms with Crippen molar-refractivity contribution in [2.45, 2.75) is 137 Å². The number of unbranched alkanes of at least 4 members (excludes halogenated alkanes) is 13. The van der Waals surface area contributed by atoms with Gasteiger partial charge in [-0.05, 0) is 32.1 Å². The van der Waals surface area contributed by atoms with E-state index in [2.05, 4.69) is 27.7 Å². The third-order valence-electron chi connectivity index (χ3n) is 6.08. The third-order valence-corrected chi connectivity index (χ3v) is 6.08. The Morgan fingerprint density at radius 1 is 0.333 bits per heavy atom. The van der Waals surface area contributed by atoms with E-state index in [-0.39, 0.29) is 17.0 Å². The monoisotopic (exact) mass is 447 g/mol. The van der Waals surface area contributed by atoms with Crippen LogP contribution in [0.15, 0.2) is 0 Å². The fraction of sp³-hybridized carbons (Fsp3) is 1.00. The lowest BCUT2D eigenvalue weighted by Crippen LogP contribution is -3.00. The Labute approximate surface area is 184 Å². The van der Waals surface area contributed by atoms with Gasteiger partial charge in [0.05, 0.1) is 26.2 Å². The maximum Gasteiger partial charge on any atom is 0.0786 e. The van der Waals surface area contributed by atoms with Crippen LogP contribution >= 0.6 is 0 Å². The van der Waals surface area contributed by atoms with Crippen molar-refractivity contribution >= 4 is 0 Å². The van der Waals surface area contributed by atoms with Gasteiger partial charge in [-0.1, -0.05) is 105 Å². The Morgan fingerprint density at radius 3 is 0.926 bits per heavy atom. The van der Waals surface area contributed by atoms with Crippen LogP contribution in [0.2, 0.25) is 0 Å². The minimum absolute atomic E-state index is 0. The molecule has 0 aliphatic rings. The predicted octanol–water partition coefficient (Wildman–Crippen LogP) is 5.52. The summed E-state index contributed by atoms with van der Waals surface area (Å²) < 4.78 is 1.40. The fourth-order valence-electron chi connectivity index (χ4n) is 4.74. The van der Waals surface area contributed by atoms with Gasteiger partial charge >= 0.3 is 0 Å². The normalized spacial score (nSPS) is 11.6. The topological polar surface area (TPSA) is 0 Å². The average molecular weight is 449 g/mol. The molecule has 0 radical (unpaired) electrons. The van der Waals surface area contributed by atoms with Crippen molar-refractivity contribution < 1.29 is 21.5 Å². The molecule has 2 heteroatoms. The van der Waals surface area contributed by atoms with Gasteiger partial charge in [-0.2, -0.15) is 0 Å². The lowest BCUT2D eigenvalue weighted by atomic mass is 10.0. The minimum Gasteiger partial charge on any atom is -1.00 e. The van der Waals surface area contributed by atoms with Crippen LogP contribution in [-0.2, 0) is 0 Å². The smallest absolute Gasteiger partial charge is 0.0786 e. The zero-order valence-corrected chi connectivity index (χ0v) is 21.3. The number of rotatable bonds is 21. The van der Waals surface area contributed by atoms with Crippen molar-refractivity contribution in [3.8, 4) is 0 Å². The van der Waals surface area contributed by atoms with E-state index in [1.54, 1.807) is 0 Å². The third kappa shape index (κ3) is 18.2. The van der Waals surface area contributed by atoms with Crippen molar-refractivity contribution in [2.75, 3.05) is 26.2 Å². The summed E-state index contributed by atoms with van der Waals surface area (Å²) in [6.45, 7) is 15.0. The predicted molar refractivity (Wildman–Crippen MR) is 121 cm³/mol.